The van der Waals surface area contributed by atoms with Gasteiger partial charge in [0, 0.05) is 19.0 Å². The van der Waals surface area contributed by atoms with Gasteiger partial charge in [-0.25, -0.2) is 4.98 Å². The number of aromatic nitrogens is 4. The molecule has 2 rings (SSSR count). The van der Waals surface area contributed by atoms with Crippen LogP contribution in [0.3, 0.4) is 0 Å². The zero-order chi connectivity index (χ0) is 12.1. The highest BCUT2D eigenvalue weighted by molar-refractivity contribution is 9.10. The Morgan fingerprint density at radius 1 is 1.38 bits per heavy atom. The largest absolute Gasteiger partial charge is 0.325 e. The maximum Gasteiger partial charge on any atom is 0.233 e. The average molecular weight is 286 g/mol. The van der Waals surface area contributed by atoms with Gasteiger partial charge in [0.1, 0.15) is 10.4 Å². The molecule has 0 aliphatic rings. The smallest absolute Gasteiger partial charge is 0.233 e. The third-order valence-electron chi connectivity index (χ3n) is 2.53. The van der Waals surface area contributed by atoms with Crippen LogP contribution in [0.2, 0.25) is 0 Å². The van der Waals surface area contributed by atoms with Crippen LogP contribution in [0.4, 0.5) is 0 Å². The lowest BCUT2D eigenvalue weighted by Crippen LogP contribution is -2.17. The van der Waals surface area contributed by atoms with E-state index in [4.69, 9.17) is 5.73 Å². The molecule has 0 unspecified atom stereocenters. The number of nitrogens with two attached hydrogens (primary N) is 1. The van der Waals surface area contributed by atoms with Crippen LogP contribution in [0.15, 0.2) is 4.60 Å². The topological polar surface area (TPSA) is 61.1 Å². The molecular weight excluding hydrogens is 270 g/mol. The molecule has 0 saturated heterocycles. The summed E-state index contributed by atoms with van der Waals surface area (Å²) in [6.45, 7) is 6.81. The summed E-state index contributed by atoms with van der Waals surface area (Å²) in [7, 11) is 1.97. The Balaban J connectivity index is 2.72. The molecule has 0 amide bonds. The number of fused-ring (bicyclic) bond motifs is 1. The SMILES string of the molecule is Cn1c(C(C)(C)C)nn2c(Br)c(CN)nc12. The minimum absolute atomic E-state index is 0.00221. The summed E-state index contributed by atoms with van der Waals surface area (Å²) in [5.74, 6) is 1.82. The van der Waals surface area contributed by atoms with Crippen LogP contribution >= 0.6 is 15.9 Å². The highest BCUT2D eigenvalue weighted by Gasteiger charge is 2.24. The molecule has 5 nitrogen and oxygen atoms in total. The number of imidazole rings is 1. The van der Waals surface area contributed by atoms with Gasteiger partial charge in [-0.2, -0.15) is 9.61 Å². The first kappa shape index (κ1) is 11.6. The summed E-state index contributed by atoms with van der Waals surface area (Å²) in [5, 5.41) is 4.57. The lowest BCUT2D eigenvalue weighted by molar-refractivity contribution is 0.519. The van der Waals surface area contributed by atoms with Crippen LogP contribution < -0.4 is 5.73 Å². The number of nitrogens with zero attached hydrogens (tertiary/aromatic N) is 4. The van der Waals surface area contributed by atoms with Crippen molar-refractivity contribution in [1.29, 1.82) is 0 Å². The molecule has 0 aromatic carbocycles. The lowest BCUT2D eigenvalue weighted by Gasteiger charge is -2.16. The molecule has 0 saturated carbocycles. The van der Waals surface area contributed by atoms with Crippen molar-refractivity contribution in [1.82, 2.24) is 19.2 Å². The molecule has 0 fully saturated rings. The van der Waals surface area contributed by atoms with Crippen molar-refractivity contribution in [3.63, 3.8) is 0 Å². The zero-order valence-electron chi connectivity index (χ0n) is 9.95. The first-order valence-corrected chi connectivity index (χ1v) is 5.96. The minimum Gasteiger partial charge on any atom is -0.325 e. The Morgan fingerprint density at radius 2 is 2.00 bits per heavy atom. The Morgan fingerprint density at radius 3 is 2.44 bits per heavy atom. The predicted molar refractivity (Wildman–Crippen MR) is 66.2 cm³/mol. The van der Waals surface area contributed by atoms with Gasteiger partial charge in [0.2, 0.25) is 5.78 Å². The molecule has 2 aromatic rings. The molecular formula is C10H16BrN5. The second kappa shape index (κ2) is 3.56. The third kappa shape index (κ3) is 1.56. The van der Waals surface area contributed by atoms with Crippen LogP contribution in [-0.2, 0) is 19.0 Å². The third-order valence-corrected chi connectivity index (χ3v) is 3.32. The average Bonchev–Trinajstić information content (AvgIpc) is 2.65. The number of hydrogen-bond donors (Lipinski definition) is 1. The number of halogens is 1. The van der Waals surface area contributed by atoms with Gasteiger partial charge in [-0.05, 0) is 15.9 Å². The molecule has 2 heterocycles. The van der Waals surface area contributed by atoms with Crippen molar-refractivity contribution in [2.75, 3.05) is 0 Å². The normalized spacial score (nSPS) is 12.6. The Labute approximate surface area is 103 Å². The molecule has 0 aliphatic heterocycles. The summed E-state index contributed by atoms with van der Waals surface area (Å²) in [5.41, 5.74) is 6.43. The van der Waals surface area contributed by atoms with Crippen LogP contribution in [0.1, 0.15) is 32.3 Å². The van der Waals surface area contributed by atoms with Gasteiger partial charge in [0.05, 0.1) is 5.69 Å². The number of rotatable bonds is 1. The van der Waals surface area contributed by atoms with Crippen molar-refractivity contribution in [2.24, 2.45) is 12.8 Å². The number of hydrogen-bond acceptors (Lipinski definition) is 3. The van der Waals surface area contributed by atoms with Crippen LogP contribution in [0.25, 0.3) is 5.78 Å². The summed E-state index contributed by atoms with van der Waals surface area (Å²) >= 11 is 3.47. The van der Waals surface area contributed by atoms with E-state index in [1.165, 1.54) is 0 Å². The van der Waals surface area contributed by atoms with E-state index < -0.39 is 0 Å². The van der Waals surface area contributed by atoms with Crippen LogP contribution in [-0.4, -0.2) is 19.2 Å². The van der Waals surface area contributed by atoms with E-state index >= 15 is 0 Å². The fourth-order valence-corrected chi connectivity index (χ4v) is 2.26. The molecule has 6 heteroatoms. The molecule has 0 aliphatic carbocycles. The van der Waals surface area contributed by atoms with Crippen molar-refractivity contribution >= 4 is 21.7 Å². The minimum atomic E-state index is -0.00221. The van der Waals surface area contributed by atoms with Gasteiger partial charge in [-0.3, -0.25) is 4.57 Å². The highest BCUT2D eigenvalue weighted by atomic mass is 79.9. The van der Waals surface area contributed by atoms with E-state index in [-0.39, 0.29) is 5.41 Å². The van der Waals surface area contributed by atoms with E-state index in [0.29, 0.717) is 6.54 Å². The Bertz CT molecular complexity index is 531. The van der Waals surface area contributed by atoms with Gasteiger partial charge in [-0.1, -0.05) is 20.8 Å². The summed E-state index contributed by atoms with van der Waals surface area (Å²) in [6, 6.07) is 0. The Kier molecular flexibility index (Phi) is 2.58. The van der Waals surface area contributed by atoms with E-state index in [0.717, 1.165) is 21.9 Å². The number of aryl methyl sites for hydroxylation is 1. The van der Waals surface area contributed by atoms with Crippen molar-refractivity contribution in [3.05, 3.63) is 16.1 Å². The van der Waals surface area contributed by atoms with E-state index in [9.17, 15) is 0 Å². The maximum absolute atomic E-state index is 5.60. The monoisotopic (exact) mass is 285 g/mol. The summed E-state index contributed by atoms with van der Waals surface area (Å²) < 4.78 is 4.64. The fraction of sp³-hybridized carbons (Fsp3) is 0.600. The first-order chi connectivity index (χ1) is 7.36. The summed E-state index contributed by atoms with van der Waals surface area (Å²) in [6.07, 6.45) is 0. The second-order valence-electron chi connectivity index (χ2n) is 4.90. The molecule has 0 spiro atoms. The van der Waals surface area contributed by atoms with Crippen molar-refractivity contribution in [2.45, 2.75) is 32.7 Å². The summed E-state index contributed by atoms with van der Waals surface area (Å²) in [4.78, 5) is 4.46. The molecule has 0 atom stereocenters. The van der Waals surface area contributed by atoms with Gasteiger partial charge in [0.15, 0.2) is 0 Å². The first-order valence-electron chi connectivity index (χ1n) is 5.16. The molecule has 2 aromatic heterocycles. The molecule has 0 bridgehead atoms. The quantitative estimate of drug-likeness (QED) is 0.866. The highest BCUT2D eigenvalue weighted by Crippen LogP contribution is 2.24. The second-order valence-corrected chi connectivity index (χ2v) is 5.65. The van der Waals surface area contributed by atoms with Gasteiger partial charge in [0.25, 0.3) is 0 Å². The van der Waals surface area contributed by atoms with Gasteiger partial charge < -0.3 is 5.73 Å². The van der Waals surface area contributed by atoms with Crippen LogP contribution in [0, 0.1) is 0 Å². The lowest BCUT2D eigenvalue weighted by atomic mass is 9.96. The van der Waals surface area contributed by atoms with E-state index in [1.54, 1.807) is 4.52 Å². The molecule has 88 valence electrons. The van der Waals surface area contributed by atoms with Crippen molar-refractivity contribution in [3.8, 4) is 0 Å². The van der Waals surface area contributed by atoms with Gasteiger partial charge in [-0.15, -0.1) is 0 Å². The zero-order valence-corrected chi connectivity index (χ0v) is 11.5. The molecule has 0 radical (unpaired) electrons. The fourth-order valence-electron chi connectivity index (χ4n) is 1.77. The van der Waals surface area contributed by atoms with Crippen molar-refractivity contribution < 1.29 is 0 Å². The van der Waals surface area contributed by atoms with Gasteiger partial charge >= 0.3 is 0 Å². The molecule has 16 heavy (non-hydrogen) atoms. The standard InChI is InChI=1S/C10H16BrN5/c1-10(2,3)8-14-16-7(11)6(5-12)13-9(16)15(8)4/h5,12H2,1-4H3. The maximum atomic E-state index is 5.60. The molecule has 2 N–H and O–H groups in total. The van der Waals surface area contributed by atoms with E-state index in [1.807, 2.05) is 11.6 Å². The predicted octanol–water partition coefficient (Wildman–Crippen LogP) is 1.59. The van der Waals surface area contributed by atoms with Crippen LogP contribution in [0.5, 0.6) is 0 Å². The van der Waals surface area contributed by atoms with E-state index in [2.05, 4.69) is 46.8 Å². The Hall–Kier alpha value is -0.880.